The van der Waals surface area contributed by atoms with E-state index in [-0.39, 0.29) is 5.97 Å². The summed E-state index contributed by atoms with van der Waals surface area (Å²) < 4.78 is 35.4. The molecule has 0 spiro atoms. The second kappa shape index (κ2) is 9.90. The molecular weight excluding hydrogens is 392 g/mol. The van der Waals surface area contributed by atoms with Crippen molar-refractivity contribution in [2.24, 2.45) is 0 Å². The van der Waals surface area contributed by atoms with Crippen LogP contribution in [0.15, 0.2) is 0 Å². The van der Waals surface area contributed by atoms with Gasteiger partial charge in [-0.05, 0) is 34.1 Å². The zero-order valence-corrected chi connectivity index (χ0v) is 19.9. The van der Waals surface area contributed by atoms with E-state index in [9.17, 15) is 4.79 Å². The predicted octanol–water partition coefficient (Wildman–Crippen LogP) is 3.22. The van der Waals surface area contributed by atoms with E-state index < -0.39 is 50.9 Å². The highest BCUT2D eigenvalue weighted by Gasteiger charge is 2.57. The Morgan fingerprint density at radius 1 is 1.21 bits per heavy atom. The molecule has 2 aliphatic heterocycles. The van der Waals surface area contributed by atoms with Crippen molar-refractivity contribution in [1.82, 2.24) is 0 Å². The molecule has 0 saturated carbocycles. The largest absolute Gasteiger partial charge is 0.457 e. The molecule has 2 rings (SSSR count). The van der Waals surface area contributed by atoms with Gasteiger partial charge in [-0.25, -0.2) is 0 Å². The summed E-state index contributed by atoms with van der Waals surface area (Å²) in [5.74, 6) is 2.04. The van der Waals surface area contributed by atoms with Gasteiger partial charge in [0.1, 0.15) is 26.4 Å². The number of rotatable bonds is 7. The lowest BCUT2D eigenvalue weighted by atomic mass is 9.95. The van der Waals surface area contributed by atoms with Crippen molar-refractivity contribution in [2.75, 3.05) is 6.61 Å². The molecule has 8 heteroatoms. The van der Waals surface area contributed by atoms with Crippen LogP contribution in [0.2, 0.25) is 19.6 Å². The van der Waals surface area contributed by atoms with E-state index in [0.29, 0.717) is 19.4 Å². The van der Waals surface area contributed by atoms with Gasteiger partial charge in [0.15, 0.2) is 24.5 Å². The lowest BCUT2D eigenvalue weighted by Crippen LogP contribution is -2.58. The van der Waals surface area contributed by atoms with Gasteiger partial charge in [-0.2, -0.15) is 0 Å². The summed E-state index contributed by atoms with van der Waals surface area (Å²) in [6.07, 6.45) is -1.92. The van der Waals surface area contributed by atoms with Crippen molar-refractivity contribution < 1.29 is 33.2 Å². The van der Waals surface area contributed by atoms with E-state index in [0.717, 1.165) is 0 Å². The molecule has 166 valence electrons. The van der Waals surface area contributed by atoms with Crippen LogP contribution in [0.4, 0.5) is 0 Å². The minimum atomic E-state index is -1.45. The van der Waals surface area contributed by atoms with Gasteiger partial charge in [-0.1, -0.05) is 19.6 Å². The first-order chi connectivity index (χ1) is 13.4. The molecule has 29 heavy (non-hydrogen) atoms. The van der Waals surface area contributed by atoms with Gasteiger partial charge in [-0.3, -0.25) is 4.79 Å². The molecule has 0 radical (unpaired) electrons. The molecule has 0 bridgehead atoms. The van der Waals surface area contributed by atoms with Gasteiger partial charge in [0.2, 0.25) is 0 Å². The molecule has 0 aromatic carbocycles. The molecule has 2 fully saturated rings. The van der Waals surface area contributed by atoms with Crippen molar-refractivity contribution in [3.05, 3.63) is 0 Å². The van der Waals surface area contributed by atoms with Crippen LogP contribution < -0.4 is 0 Å². The Kier molecular flexibility index (Phi) is 8.30. The lowest BCUT2D eigenvalue weighted by Gasteiger charge is -2.41. The van der Waals surface area contributed by atoms with Gasteiger partial charge < -0.3 is 28.4 Å². The summed E-state index contributed by atoms with van der Waals surface area (Å²) in [7, 11) is -1.45. The first kappa shape index (κ1) is 24.3. The van der Waals surface area contributed by atoms with Gasteiger partial charge in [0.25, 0.3) is 0 Å². The average Bonchev–Trinajstić information content (AvgIpc) is 2.89. The highest BCUT2D eigenvalue weighted by atomic mass is 28.3. The normalized spacial score (nSPS) is 32.1. The fourth-order valence-corrected chi connectivity index (χ4v) is 4.16. The molecule has 0 amide bonds. The number of hydrogen-bond donors (Lipinski definition) is 0. The number of ether oxygens (including phenoxy) is 6. The van der Waals surface area contributed by atoms with Crippen LogP contribution in [0.3, 0.4) is 0 Å². The van der Waals surface area contributed by atoms with E-state index >= 15 is 0 Å². The summed E-state index contributed by atoms with van der Waals surface area (Å²) in [6, 6.07) is 0. The number of esters is 1. The van der Waals surface area contributed by atoms with E-state index in [1.165, 1.54) is 6.92 Å². The van der Waals surface area contributed by atoms with Crippen molar-refractivity contribution in [3.8, 4) is 11.5 Å². The third-order valence-electron chi connectivity index (χ3n) is 4.48. The SMILES string of the molecule is CCOC(C)O[C@H]1O[C@H](CCC#C[Si](C)(C)C)[C@@H](OC(C)=O)[C@@H]2OC(C)(C)O[C@H]12. The quantitative estimate of drug-likeness (QED) is 0.267. The average molecular weight is 429 g/mol. The van der Waals surface area contributed by atoms with Crippen molar-refractivity contribution >= 4 is 14.0 Å². The monoisotopic (exact) mass is 428 g/mol. The predicted molar refractivity (Wildman–Crippen MR) is 111 cm³/mol. The van der Waals surface area contributed by atoms with Crippen LogP contribution in [-0.2, 0) is 33.2 Å². The highest BCUT2D eigenvalue weighted by molar-refractivity contribution is 6.83. The maximum Gasteiger partial charge on any atom is 0.303 e. The van der Waals surface area contributed by atoms with Crippen molar-refractivity contribution in [1.29, 1.82) is 0 Å². The smallest absolute Gasteiger partial charge is 0.303 e. The van der Waals surface area contributed by atoms with E-state index in [1.807, 2.05) is 27.7 Å². The second-order valence-electron chi connectivity index (χ2n) is 8.93. The van der Waals surface area contributed by atoms with Crippen molar-refractivity contribution in [3.63, 3.8) is 0 Å². The number of carbonyl (C=O) groups is 1. The molecule has 2 aliphatic rings. The van der Waals surface area contributed by atoms with Crippen LogP contribution in [-0.4, -0.2) is 63.4 Å². The minimum Gasteiger partial charge on any atom is -0.457 e. The number of carbonyl (C=O) groups excluding carboxylic acids is 1. The summed E-state index contributed by atoms with van der Waals surface area (Å²) in [5, 5.41) is 0. The maximum absolute atomic E-state index is 11.8. The van der Waals surface area contributed by atoms with Crippen LogP contribution in [0.25, 0.3) is 0 Å². The van der Waals surface area contributed by atoms with E-state index in [2.05, 4.69) is 31.1 Å². The number of hydrogen-bond acceptors (Lipinski definition) is 7. The van der Waals surface area contributed by atoms with Crippen molar-refractivity contribution in [2.45, 2.75) is 110 Å². The molecule has 1 unspecified atom stereocenters. The first-order valence-electron chi connectivity index (χ1n) is 10.4. The van der Waals surface area contributed by atoms with Crippen LogP contribution in [0.5, 0.6) is 0 Å². The summed E-state index contributed by atoms with van der Waals surface area (Å²) in [4.78, 5) is 11.8. The molecular formula is C21H36O7Si. The van der Waals surface area contributed by atoms with Gasteiger partial charge in [0, 0.05) is 20.0 Å². The topological polar surface area (TPSA) is 72.5 Å². The Morgan fingerprint density at radius 2 is 1.86 bits per heavy atom. The standard InChI is InChI=1S/C21H36O7Si/c1-9-23-15(3)25-20-19-18(27-21(4,5)28-19)17(24-14(2)22)16(26-20)12-10-11-13-29(6,7)8/h15-20H,9-10,12H2,1-8H3/t15?,16-,17-,18+,19+,20+/m1/s1. The maximum atomic E-state index is 11.8. The lowest BCUT2D eigenvalue weighted by molar-refractivity contribution is -0.317. The summed E-state index contributed by atoms with van der Waals surface area (Å²) >= 11 is 0. The van der Waals surface area contributed by atoms with Crippen LogP contribution >= 0.6 is 0 Å². The molecule has 2 heterocycles. The van der Waals surface area contributed by atoms with E-state index in [4.69, 9.17) is 28.4 Å². The Morgan fingerprint density at radius 3 is 2.45 bits per heavy atom. The Hall–Kier alpha value is -0.953. The zero-order valence-electron chi connectivity index (χ0n) is 18.9. The molecule has 0 aliphatic carbocycles. The van der Waals surface area contributed by atoms with Gasteiger partial charge in [-0.15, -0.1) is 11.5 Å². The third kappa shape index (κ3) is 7.35. The van der Waals surface area contributed by atoms with Crippen LogP contribution in [0.1, 0.15) is 47.5 Å². The fourth-order valence-electron chi connectivity index (χ4n) is 3.50. The molecule has 2 saturated heterocycles. The summed E-state index contributed by atoms with van der Waals surface area (Å²) in [5.41, 5.74) is 3.36. The molecule has 0 N–H and O–H groups in total. The first-order valence-corrected chi connectivity index (χ1v) is 13.9. The van der Waals surface area contributed by atoms with E-state index in [1.54, 1.807) is 0 Å². The van der Waals surface area contributed by atoms with Crippen LogP contribution in [0, 0.1) is 11.5 Å². The Labute approximate surface area is 175 Å². The highest BCUT2D eigenvalue weighted by Crippen LogP contribution is 2.40. The molecule has 0 aromatic heterocycles. The molecule has 7 nitrogen and oxygen atoms in total. The zero-order chi connectivity index (χ0) is 21.8. The van der Waals surface area contributed by atoms with Gasteiger partial charge >= 0.3 is 5.97 Å². The third-order valence-corrected chi connectivity index (χ3v) is 5.40. The Bertz CT molecular complexity index is 619. The Balaban J connectivity index is 2.20. The number of fused-ring (bicyclic) bond motifs is 1. The summed E-state index contributed by atoms with van der Waals surface area (Å²) in [6.45, 7) is 15.9. The second-order valence-corrected chi connectivity index (χ2v) is 13.7. The minimum absolute atomic E-state index is 0.383. The molecule has 6 atom stereocenters. The molecule has 0 aromatic rings. The van der Waals surface area contributed by atoms with Gasteiger partial charge in [0.05, 0.1) is 0 Å². The fraction of sp³-hybridized carbons (Fsp3) is 0.857.